The predicted octanol–water partition coefficient (Wildman–Crippen LogP) is 3.08. The second kappa shape index (κ2) is 4.90. The van der Waals surface area contributed by atoms with Gasteiger partial charge in [-0.05, 0) is 12.1 Å². The largest absolute Gasteiger partial charge is 0.361 e. The van der Waals surface area contributed by atoms with Crippen molar-refractivity contribution < 1.29 is 9.59 Å². The Labute approximate surface area is 118 Å². The number of H-pyrrole nitrogens is 1. The number of aromatic amines is 1. The molecule has 3 rings (SSSR count). The molecule has 20 heavy (non-hydrogen) atoms. The highest BCUT2D eigenvalue weighted by atomic mass is 32.1. The van der Waals surface area contributed by atoms with Gasteiger partial charge in [-0.15, -0.1) is 11.3 Å². The lowest BCUT2D eigenvalue weighted by atomic mass is 10.1. The molecule has 0 aliphatic carbocycles. The number of anilines is 1. The molecule has 2 heterocycles. The summed E-state index contributed by atoms with van der Waals surface area (Å²) in [5.74, 6) is -0.365. The van der Waals surface area contributed by atoms with E-state index in [1.54, 1.807) is 17.6 Å². The molecule has 0 spiro atoms. The zero-order valence-electron chi connectivity index (χ0n) is 10.6. The fourth-order valence-electron chi connectivity index (χ4n) is 1.93. The molecule has 1 aromatic carbocycles. The van der Waals surface area contributed by atoms with E-state index in [0.717, 1.165) is 10.9 Å². The van der Waals surface area contributed by atoms with Crippen LogP contribution in [0.1, 0.15) is 27.8 Å². The molecule has 0 aliphatic rings. The molecule has 0 fully saturated rings. The summed E-state index contributed by atoms with van der Waals surface area (Å²) in [4.78, 5) is 30.6. The van der Waals surface area contributed by atoms with Gasteiger partial charge in [-0.25, -0.2) is 4.98 Å². The van der Waals surface area contributed by atoms with E-state index >= 15 is 0 Å². The smallest absolute Gasteiger partial charge is 0.259 e. The van der Waals surface area contributed by atoms with E-state index in [1.165, 1.54) is 18.3 Å². The normalized spacial score (nSPS) is 10.7. The van der Waals surface area contributed by atoms with Crippen molar-refractivity contribution in [3.8, 4) is 0 Å². The predicted molar refractivity (Wildman–Crippen MR) is 78.4 cm³/mol. The summed E-state index contributed by atoms with van der Waals surface area (Å²) < 4.78 is 0. The van der Waals surface area contributed by atoms with E-state index in [4.69, 9.17) is 0 Å². The van der Waals surface area contributed by atoms with E-state index < -0.39 is 0 Å². The topological polar surface area (TPSA) is 74.8 Å². The molecule has 5 nitrogen and oxygen atoms in total. The number of benzene rings is 1. The fraction of sp³-hybridized carbons (Fsp3) is 0.0714. The van der Waals surface area contributed by atoms with Gasteiger partial charge in [-0.3, -0.25) is 14.9 Å². The molecule has 0 radical (unpaired) electrons. The highest BCUT2D eigenvalue weighted by Gasteiger charge is 2.13. The Hall–Kier alpha value is -2.47. The number of aromatic nitrogens is 2. The number of carbonyl (C=O) groups is 2. The Morgan fingerprint density at radius 1 is 1.30 bits per heavy atom. The lowest BCUT2D eigenvalue weighted by Gasteiger charge is -2.03. The van der Waals surface area contributed by atoms with Crippen molar-refractivity contribution in [3.63, 3.8) is 0 Å². The second-order valence-corrected chi connectivity index (χ2v) is 5.15. The number of nitrogens with one attached hydrogen (secondary N) is 2. The van der Waals surface area contributed by atoms with Gasteiger partial charge >= 0.3 is 0 Å². The van der Waals surface area contributed by atoms with Gasteiger partial charge in [0, 0.05) is 23.9 Å². The summed E-state index contributed by atoms with van der Waals surface area (Å²) in [5.41, 5.74) is 1.70. The summed E-state index contributed by atoms with van der Waals surface area (Å²) in [6, 6.07) is 7.41. The van der Waals surface area contributed by atoms with Crippen LogP contribution in [0, 0.1) is 0 Å². The zero-order valence-corrected chi connectivity index (χ0v) is 11.5. The Balaban J connectivity index is 1.89. The summed E-state index contributed by atoms with van der Waals surface area (Å²) in [6.45, 7) is 1.44. The van der Waals surface area contributed by atoms with Crippen LogP contribution < -0.4 is 5.32 Å². The Morgan fingerprint density at radius 3 is 2.90 bits per heavy atom. The number of ketones is 1. The van der Waals surface area contributed by atoms with Gasteiger partial charge in [0.15, 0.2) is 10.9 Å². The number of hydrogen-bond acceptors (Lipinski definition) is 4. The lowest BCUT2D eigenvalue weighted by molar-refractivity contribution is 0.100. The maximum Gasteiger partial charge on any atom is 0.259 e. The minimum atomic E-state index is -0.248. The van der Waals surface area contributed by atoms with Crippen LogP contribution in [-0.2, 0) is 0 Å². The Bertz CT molecular complexity index is 803. The molecule has 0 unspecified atom stereocenters. The molecule has 6 heteroatoms. The van der Waals surface area contributed by atoms with Gasteiger partial charge in [-0.2, -0.15) is 0 Å². The average Bonchev–Trinajstić information content (AvgIpc) is 3.05. The molecule has 0 saturated heterocycles. The summed E-state index contributed by atoms with van der Waals surface area (Å²) >= 11 is 1.23. The van der Waals surface area contributed by atoms with E-state index in [9.17, 15) is 9.59 Å². The van der Waals surface area contributed by atoms with Gasteiger partial charge < -0.3 is 4.98 Å². The first-order chi connectivity index (χ1) is 9.65. The first kappa shape index (κ1) is 12.6. The molecule has 0 atom stereocenters. The Kier molecular flexibility index (Phi) is 3.08. The van der Waals surface area contributed by atoms with Gasteiger partial charge in [0.2, 0.25) is 0 Å². The lowest BCUT2D eigenvalue weighted by Crippen LogP contribution is -2.12. The van der Waals surface area contributed by atoms with Gasteiger partial charge in [0.1, 0.15) is 5.69 Å². The number of carbonyl (C=O) groups excluding carboxylic acids is 2. The van der Waals surface area contributed by atoms with E-state index in [2.05, 4.69) is 15.3 Å². The van der Waals surface area contributed by atoms with Gasteiger partial charge in [0.05, 0.1) is 11.1 Å². The molecule has 1 amide bonds. The van der Waals surface area contributed by atoms with Crippen molar-refractivity contribution >= 4 is 39.1 Å². The van der Waals surface area contributed by atoms with Gasteiger partial charge in [0.25, 0.3) is 5.91 Å². The second-order valence-electron chi connectivity index (χ2n) is 4.30. The summed E-state index contributed by atoms with van der Waals surface area (Å²) in [5, 5.41) is 5.74. The number of para-hydroxylation sites is 1. The van der Waals surface area contributed by atoms with Crippen LogP contribution in [0.25, 0.3) is 10.9 Å². The third-order valence-electron chi connectivity index (χ3n) is 2.92. The van der Waals surface area contributed by atoms with Crippen LogP contribution in [-0.4, -0.2) is 21.7 Å². The molecule has 0 aliphatic heterocycles. The monoisotopic (exact) mass is 285 g/mol. The number of thiazole rings is 1. The molecule has 3 aromatic rings. The number of nitrogens with zero attached hydrogens (tertiary/aromatic N) is 1. The summed E-state index contributed by atoms with van der Waals surface area (Å²) in [6.07, 6.45) is 1.79. The number of hydrogen-bond donors (Lipinski definition) is 2. The summed E-state index contributed by atoms with van der Waals surface area (Å²) in [7, 11) is 0. The minimum Gasteiger partial charge on any atom is -0.361 e. The molecule has 2 N–H and O–H groups in total. The molecular formula is C14H11N3O2S. The molecule has 100 valence electrons. The van der Waals surface area contributed by atoms with Crippen molar-refractivity contribution in [1.29, 1.82) is 0 Å². The van der Waals surface area contributed by atoms with Gasteiger partial charge in [-0.1, -0.05) is 12.1 Å². The Morgan fingerprint density at radius 2 is 2.15 bits per heavy atom. The highest BCUT2D eigenvalue weighted by Crippen LogP contribution is 2.20. The standard InChI is InChI=1S/C14H11N3O2S/c1-8(18)11-7-20-14(16-11)17-13(19)10-4-2-3-9-5-6-15-12(9)10/h2-7,15H,1H3,(H,16,17,19). The first-order valence-electron chi connectivity index (χ1n) is 5.99. The van der Waals surface area contributed by atoms with Crippen molar-refractivity contribution in [2.75, 3.05) is 5.32 Å². The van der Waals surface area contributed by atoms with Crippen LogP contribution in [0.3, 0.4) is 0 Å². The van der Waals surface area contributed by atoms with Crippen LogP contribution >= 0.6 is 11.3 Å². The highest BCUT2D eigenvalue weighted by molar-refractivity contribution is 7.14. The average molecular weight is 285 g/mol. The maximum absolute atomic E-state index is 12.3. The zero-order chi connectivity index (χ0) is 14.1. The number of rotatable bonds is 3. The van der Waals surface area contributed by atoms with Crippen molar-refractivity contribution in [1.82, 2.24) is 9.97 Å². The molecule has 0 bridgehead atoms. The molecule has 2 aromatic heterocycles. The van der Waals surface area contributed by atoms with Crippen molar-refractivity contribution in [3.05, 3.63) is 47.1 Å². The number of amides is 1. The van der Waals surface area contributed by atoms with E-state index in [1.807, 2.05) is 18.2 Å². The van der Waals surface area contributed by atoms with Crippen LogP contribution in [0.15, 0.2) is 35.8 Å². The maximum atomic E-state index is 12.3. The van der Waals surface area contributed by atoms with Crippen LogP contribution in [0.2, 0.25) is 0 Å². The first-order valence-corrected chi connectivity index (χ1v) is 6.87. The van der Waals surface area contributed by atoms with E-state index in [-0.39, 0.29) is 11.7 Å². The van der Waals surface area contributed by atoms with Crippen LogP contribution in [0.5, 0.6) is 0 Å². The van der Waals surface area contributed by atoms with Crippen molar-refractivity contribution in [2.24, 2.45) is 0 Å². The fourth-order valence-corrected chi connectivity index (χ4v) is 2.68. The molecule has 0 saturated carbocycles. The molecular weight excluding hydrogens is 274 g/mol. The van der Waals surface area contributed by atoms with E-state index in [0.29, 0.717) is 16.4 Å². The third kappa shape index (κ3) is 2.21. The quantitative estimate of drug-likeness (QED) is 0.726. The third-order valence-corrected chi connectivity index (χ3v) is 3.67. The SMILES string of the molecule is CC(=O)c1csc(NC(=O)c2cccc3cc[nH]c23)n1. The minimum absolute atomic E-state index is 0.117. The number of Topliss-reactive ketones (excluding diaryl/α,β-unsaturated/α-hetero) is 1. The van der Waals surface area contributed by atoms with Crippen LogP contribution in [0.4, 0.5) is 5.13 Å². The van der Waals surface area contributed by atoms with Crippen molar-refractivity contribution in [2.45, 2.75) is 6.92 Å². The number of fused-ring (bicyclic) bond motifs is 1.